The van der Waals surface area contributed by atoms with Crippen LogP contribution in [0.25, 0.3) is 6.08 Å². The third-order valence-electron chi connectivity index (χ3n) is 2.98. The molecule has 0 aliphatic rings. The van der Waals surface area contributed by atoms with Gasteiger partial charge in [0, 0.05) is 22.3 Å². The van der Waals surface area contributed by atoms with Gasteiger partial charge in [0.05, 0.1) is 0 Å². The number of primary amides is 1. The molecule has 0 saturated heterocycles. The van der Waals surface area contributed by atoms with Crippen molar-refractivity contribution in [2.75, 3.05) is 5.32 Å². The molecule has 0 radical (unpaired) electrons. The molecule has 0 spiro atoms. The molecule has 0 unspecified atom stereocenters. The number of rotatable bonds is 4. The summed E-state index contributed by atoms with van der Waals surface area (Å²) in [6, 6.07) is 13.6. The molecule has 0 saturated carbocycles. The first-order valence-corrected chi connectivity index (χ1v) is 7.69. The van der Waals surface area contributed by atoms with E-state index in [4.69, 9.17) is 29.6 Å². The van der Waals surface area contributed by atoms with Gasteiger partial charge in [0.2, 0.25) is 11.8 Å². The van der Waals surface area contributed by atoms with Crippen LogP contribution in [0.2, 0.25) is 5.02 Å². The first-order chi connectivity index (χ1) is 11.5. The zero-order chi connectivity index (χ0) is 17.5. The van der Waals surface area contributed by atoms with E-state index in [1.165, 1.54) is 6.08 Å². The average Bonchev–Trinajstić information content (AvgIpc) is 2.54. The molecule has 0 heterocycles. The van der Waals surface area contributed by atoms with Gasteiger partial charge in [0.15, 0.2) is 5.11 Å². The minimum atomic E-state index is -0.512. The molecule has 0 fully saturated rings. The van der Waals surface area contributed by atoms with Gasteiger partial charge < -0.3 is 11.1 Å². The number of carbonyl (C=O) groups excluding carboxylic acids is 2. The molecule has 2 amide bonds. The fourth-order valence-corrected chi connectivity index (χ4v) is 2.23. The first-order valence-electron chi connectivity index (χ1n) is 6.90. The molecule has 7 heteroatoms. The Labute approximate surface area is 149 Å². The second-order valence-electron chi connectivity index (χ2n) is 4.74. The highest BCUT2D eigenvalue weighted by atomic mass is 35.5. The van der Waals surface area contributed by atoms with E-state index in [2.05, 4.69) is 10.6 Å². The van der Waals surface area contributed by atoms with Gasteiger partial charge in [-0.2, -0.15) is 0 Å². The Bertz CT molecular complexity index is 804. The third-order valence-corrected chi connectivity index (χ3v) is 3.53. The van der Waals surface area contributed by atoms with Crippen molar-refractivity contribution in [2.24, 2.45) is 5.73 Å². The maximum atomic E-state index is 11.8. The predicted molar refractivity (Wildman–Crippen MR) is 99.8 cm³/mol. The molecule has 24 heavy (non-hydrogen) atoms. The van der Waals surface area contributed by atoms with E-state index in [1.807, 2.05) is 12.1 Å². The van der Waals surface area contributed by atoms with E-state index in [1.54, 1.807) is 42.5 Å². The fraction of sp³-hybridized carbons (Fsp3) is 0. The normalized spacial score (nSPS) is 10.4. The van der Waals surface area contributed by atoms with Crippen LogP contribution in [-0.4, -0.2) is 16.9 Å². The summed E-state index contributed by atoms with van der Waals surface area (Å²) in [6.07, 6.45) is 2.94. The lowest BCUT2D eigenvalue weighted by Gasteiger charge is -2.08. The van der Waals surface area contributed by atoms with Crippen molar-refractivity contribution in [3.8, 4) is 0 Å². The number of nitrogens with two attached hydrogens (primary N) is 1. The molecule has 2 rings (SSSR count). The van der Waals surface area contributed by atoms with Crippen molar-refractivity contribution in [1.82, 2.24) is 5.32 Å². The van der Waals surface area contributed by atoms with Crippen LogP contribution in [0.5, 0.6) is 0 Å². The van der Waals surface area contributed by atoms with Gasteiger partial charge in [-0.1, -0.05) is 29.8 Å². The summed E-state index contributed by atoms with van der Waals surface area (Å²) in [4.78, 5) is 22.8. The molecule has 0 aliphatic carbocycles. The van der Waals surface area contributed by atoms with Crippen molar-refractivity contribution in [3.63, 3.8) is 0 Å². The highest BCUT2D eigenvalue weighted by Gasteiger charge is 2.04. The maximum absolute atomic E-state index is 11.8. The molecule has 0 aromatic heterocycles. The predicted octanol–water partition coefficient (Wildman–Crippen LogP) is 2.97. The molecule has 2 aromatic carbocycles. The maximum Gasteiger partial charge on any atom is 0.250 e. The average molecular weight is 360 g/mol. The topological polar surface area (TPSA) is 84.2 Å². The number of hydrogen-bond acceptors (Lipinski definition) is 3. The van der Waals surface area contributed by atoms with E-state index in [0.29, 0.717) is 16.3 Å². The van der Waals surface area contributed by atoms with Gasteiger partial charge >= 0.3 is 0 Å². The van der Waals surface area contributed by atoms with Gasteiger partial charge in [-0.25, -0.2) is 0 Å². The van der Waals surface area contributed by atoms with E-state index in [-0.39, 0.29) is 11.0 Å². The van der Waals surface area contributed by atoms with Crippen molar-refractivity contribution < 1.29 is 9.59 Å². The largest absolute Gasteiger partial charge is 0.366 e. The van der Waals surface area contributed by atoms with Gasteiger partial charge in [0.1, 0.15) is 0 Å². The number of amides is 2. The van der Waals surface area contributed by atoms with Gasteiger partial charge in [-0.15, -0.1) is 0 Å². The Morgan fingerprint density at radius 2 is 1.75 bits per heavy atom. The van der Waals surface area contributed by atoms with Gasteiger partial charge in [-0.05, 0) is 54.2 Å². The van der Waals surface area contributed by atoms with Crippen LogP contribution in [0.4, 0.5) is 5.69 Å². The van der Waals surface area contributed by atoms with Crippen molar-refractivity contribution in [1.29, 1.82) is 0 Å². The Hall–Kier alpha value is -2.70. The lowest BCUT2D eigenvalue weighted by molar-refractivity contribution is -0.115. The van der Waals surface area contributed by atoms with Crippen molar-refractivity contribution in [2.45, 2.75) is 0 Å². The van der Waals surface area contributed by atoms with Crippen LogP contribution in [0.1, 0.15) is 15.9 Å². The molecule has 122 valence electrons. The monoisotopic (exact) mass is 359 g/mol. The van der Waals surface area contributed by atoms with Crippen LogP contribution in [0.15, 0.2) is 54.6 Å². The van der Waals surface area contributed by atoms with Crippen LogP contribution in [-0.2, 0) is 4.79 Å². The third kappa shape index (κ3) is 5.19. The minimum Gasteiger partial charge on any atom is -0.366 e. The van der Waals surface area contributed by atoms with E-state index >= 15 is 0 Å². The molecular weight excluding hydrogens is 346 g/mol. The standard InChI is InChI=1S/C17H14ClN3O2S/c18-14-4-2-1-3-11(14)7-10-15(22)21-17(24)20-13-8-5-12(6-9-13)16(19)23/h1-10H,(H2,19,23)(H2,20,21,22,24). The lowest BCUT2D eigenvalue weighted by Crippen LogP contribution is -2.32. The van der Waals surface area contributed by atoms with Crippen molar-refractivity contribution in [3.05, 3.63) is 70.8 Å². The van der Waals surface area contributed by atoms with Crippen LogP contribution in [0, 0.1) is 0 Å². The van der Waals surface area contributed by atoms with E-state index in [0.717, 1.165) is 5.56 Å². The van der Waals surface area contributed by atoms with Crippen LogP contribution in [0.3, 0.4) is 0 Å². The highest BCUT2D eigenvalue weighted by Crippen LogP contribution is 2.16. The SMILES string of the molecule is NC(=O)c1ccc(NC(=S)NC(=O)C=Cc2ccccc2Cl)cc1. The quantitative estimate of drug-likeness (QED) is 0.579. The van der Waals surface area contributed by atoms with Crippen LogP contribution >= 0.6 is 23.8 Å². The number of anilines is 1. The number of nitrogens with one attached hydrogen (secondary N) is 2. The summed E-state index contributed by atoms with van der Waals surface area (Å²) in [5.74, 6) is -0.900. The number of benzene rings is 2. The summed E-state index contributed by atoms with van der Waals surface area (Å²) >= 11 is 11.1. The van der Waals surface area contributed by atoms with E-state index in [9.17, 15) is 9.59 Å². The number of thiocarbonyl (C=S) groups is 1. The summed E-state index contributed by atoms with van der Waals surface area (Å²) < 4.78 is 0. The van der Waals surface area contributed by atoms with E-state index < -0.39 is 5.91 Å². The zero-order valence-corrected chi connectivity index (χ0v) is 14.0. The second-order valence-corrected chi connectivity index (χ2v) is 5.56. The number of hydrogen-bond donors (Lipinski definition) is 3. The lowest BCUT2D eigenvalue weighted by atomic mass is 10.2. The first kappa shape index (κ1) is 17.7. The Morgan fingerprint density at radius 3 is 2.38 bits per heavy atom. The number of carbonyl (C=O) groups is 2. The Morgan fingerprint density at radius 1 is 1.08 bits per heavy atom. The van der Waals surface area contributed by atoms with Gasteiger partial charge in [-0.3, -0.25) is 14.9 Å². The molecular formula is C17H14ClN3O2S. The molecule has 0 atom stereocenters. The minimum absolute atomic E-state index is 0.135. The summed E-state index contributed by atoms with van der Waals surface area (Å²) in [5.41, 5.74) is 6.91. The highest BCUT2D eigenvalue weighted by molar-refractivity contribution is 7.80. The molecule has 5 nitrogen and oxygen atoms in total. The molecule has 0 aliphatic heterocycles. The summed E-state index contributed by atoms with van der Waals surface area (Å²) in [6.45, 7) is 0. The van der Waals surface area contributed by atoms with Gasteiger partial charge in [0.25, 0.3) is 0 Å². The summed E-state index contributed by atoms with van der Waals surface area (Å²) in [5, 5.41) is 6.04. The smallest absolute Gasteiger partial charge is 0.250 e. The fourth-order valence-electron chi connectivity index (χ4n) is 1.81. The molecule has 0 bridgehead atoms. The Kier molecular flexibility index (Phi) is 6.06. The molecule has 2 aromatic rings. The summed E-state index contributed by atoms with van der Waals surface area (Å²) in [7, 11) is 0. The van der Waals surface area contributed by atoms with Crippen LogP contribution < -0.4 is 16.4 Å². The Balaban J connectivity index is 1.91. The second kappa shape index (κ2) is 8.24. The molecule has 4 N–H and O–H groups in total. The van der Waals surface area contributed by atoms with Crippen molar-refractivity contribution >= 4 is 52.5 Å². The zero-order valence-electron chi connectivity index (χ0n) is 12.5. The number of halogens is 1.